The zero-order valence-corrected chi connectivity index (χ0v) is 18.1. The van der Waals surface area contributed by atoms with E-state index in [1.165, 1.54) is 0 Å². The average molecular weight is 455 g/mol. The average Bonchev–Trinajstić information content (AvgIpc) is 2.76. The molecule has 3 rings (SSSR count). The molecule has 31 heavy (non-hydrogen) atoms. The first-order chi connectivity index (χ1) is 14.8. The number of halogens is 4. The lowest BCUT2D eigenvalue weighted by molar-refractivity contribution is -0.137. The number of alkyl halides is 3. The molecule has 168 valence electrons. The van der Waals surface area contributed by atoms with Gasteiger partial charge in [0.25, 0.3) is 0 Å². The van der Waals surface area contributed by atoms with Gasteiger partial charge >= 0.3 is 6.18 Å². The molecule has 1 saturated heterocycles. The van der Waals surface area contributed by atoms with Gasteiger partial charge in [-0.1, -0.05) is 29.8 Å². The van der Waals surface area contributed by atoms with Crippen molar-refractivity contribution in [2.24, 2.45) is 5.92 Å². The molecule has 5 nitrogen and oxygen atoms in total. The van der Waals surface area contributed by atoms with E-state index < -0.39 is 11.7 Å². The Morgan fingerprint density at radius 3 is 2.55 bits per heavy atom. The molecule has 1 aromatic carbocycles. The van der Waals surface area contributed by atoms with Crippen LogP contribution in [-0.4, -0.2) is 44.1 Å². The summed E-state index contributed by atoms with van der Waals surface area (Å²) in [5, 5.41) is 2.97. The van der Waals surface area contributed by atoms with Gasteiger partial charge in [0.15, 0.2) is 0 Å². The number of carbonyl (C=O) groups is 1. The summed E-state index contributed by atoms with van der Waals surface area (Å²) >= 11 is 6.03. The van der Waals surface area contributed by atoms with Crippen LogP contribution in [0.2, 0.25) is 5.02 Å². The Morgan fingerprint density at radius 1 is 1.26 bits per heavy atom. The first-order valence-corrected chi connectivity index (χ1v) is 10.6. The molecule has 1 aliphatic rings. The van der Waals surface area contributed by atoms with E-state index in [9.17, 15) is 18.0 Å². The van der Waals surface area contributed by atoms with Gasteiger partial charge in [-0.3, -0.25) is 4.79 Å². The Hall–Kier alpha value is -2.48. The number of carbonyl (C=O) groups excluding carboxylic acids is 1. The van der Waals surface area contributed by atoms with Crippen LogP contribution in [0.3, 0.4) is 0 Å². The SMILES string of the molecule is CN(CCCNC(=O)C1CCN(c2ncc(C(F)(F)F)cc2Cl)CC1)c1ccccc1. The van der Waals surface area contributed by atoms with Crippen LogP contribution in [0.4, 0.5) is 24.7 Å². The maximum absolute atomic E-state index is 12.8. The van der Waals surface area contributed by atoms with E-state index in [4.69, 9.17) is 11.6 Å². The molecule has 0 unspecified atom stereocenters. The van der Waals surface area contributed by atoms with Gasteiger partial charge in [-0.15, -0.1) is 0 Å². The maximum Gasteiger partial charge on any atom is 0.417 e. The van der Waals surface area contributed by atoms with Crippen LogP contribution < -0.4 is 15.1 Å². The van der Waals surface area contributed by atoms with Gasteiger partial charge in [0.2, 0.25) is 5.91 Å². The van der Waals surface area contributed by atoms with Crippen LogP contribution in [0.1, 0.15) is 24.8 Å². The topological polar surface area (TPSA) is 48.5 Å². The fourth-order valence-corrected chi connectivity index (χ4v) is 3.94. The number of aromatic nitrogens is 1. The fraction of sp³-hybridized carbons (Fsp3) is 0.455. The van der Waals surface area contributed by atoms with Gasteiger partial charge in [0, 0.05) is 51.0 Å². The first kappa shape index (κ1) is 23.2. The maximum atomic E-state index is 12.8. The van der Waals surface area contributed by atoms with Gasteiger partial charge < -0.3 is 15.1 Å². The minimum Gasteiger partial charge on any atom is -0.375 e. The van der Waals surface area contributed by atoms with Crippen molar-refractivity contribution in [3.8, 4) is 0 Å². The number of para-hydroxylation sites is 1. The standard InChI is InChI=1S/C22H26ClF3N4O/c1-29(18-6-3-2-4-7-18)11-5-10-27-21(31)16-8-12-30(13-9-16)20-19(23)14-17(15-28-20)22(24,25)26/h2-4,6-7,14-16H,5,8-13H2,1H3,(H,27,31). The largest absolute Gasteiger partial charge is 0.417 e. The number of anilines is 2. The van der Waals surface area contributed by atoms with Crippen molar-refractivity contribution in [2.45, 2.75) is 25.4 Å². The van der Waals surface area contributed by atoms with Crippen LogP contribution in [0.15, 0.2) is 42.6 Å². The number of amides is 1. The van der Waals surface area contributed by atoms with Crippen LogP contribution >= 0.6 is 11.6 Å². The number of nitrogens with one attached hydrogen (secondary N) is 1. The van der Waals surface area contributed by atoms with Crippen molar-refractivity contribution in [1.82, 2.24) is 10.3 Å². The van der Waals surface area contributed by atoms with E-state index in [0.717, 1.165) is 30.9 Å². The summed E-state index contributed by atoms with van der Waals surface area (Å²) in [5.41, 5.74) is 0.269. The third kappa shape index (κ3) is 6.26. The van der Waals surface area contributed by atoms with Gasteiger partial charge in [-0.05, 0) is 37.5 Å². The molecule has 0 bridgehead atoms. The van der Waals surface area contributed by atoms with Crippen LogP contribution in [0.25, 0.3) is 0 Å². The van der Waals surface area contributed by atoms with E-state index in [0.29, 0.717) is 38.3 Å². The number of benzene rings is 1. The number of piperidine rings is 1. The summed E-state index contributed by atoms with van der Waals surface area (Å²) in [6.45, 7) is 2.48. The van der Waals surface area contributed by atoms with Crippen LogP contribution in [-0.2, 0) is 11.0 Å². The Bertz CT molecular complexity index is 871. The Labute approximate surface area is 185 Å². The minimum absolute atomic E-state index is 0.0217. The molecular formula is C22H26ClF3N4O. The van der Waals surface area contributed by atoms with E-state index >= 15 is 0 Å². The van der Waals surface area contributed by atoms with Gasteiger partial charge in [-0.25, -0.2) is 4.98 Å². The number of hydrogen-bond donors (Lipinski definition) is 1. The molecule has 0 aliphatic carbocycles. The summed E-state index contributed by atoms with van der Waals surface area (Å²) in [4.78, 5) is 20.4. The summed E-state index contributed by atoms with van der Waals surface area (Å²) in [5.74, 6) is 0.238. The van der Waals surface area contributed by atoms with Gasteiger partial charge in [-0.2, -0.15) is 13.2 Å². The second kappa shape index (κ2) is 10.2. The molecule has 1 amide bonds. The molecule has 2 heterocycles. The second-order valence-corrected chi connectivity index (χ2v) is 8.10. The predicted octanol–water partition coefficient (Wildman–Crippen LogP) is 4.61. The van der Waals surface area contributed by atoms with Crippen molar-refractivity contribution < 1.29 is 18.0 Å². The third-order valence-electron chi connectivity index (χ3n) is 5.48. The van der Waals surface area contributed by atoms with Gasteiger partial charge in [0.1, 0.15) is 5.82 Å². The lowest BCUT2D eigenvalue weighted by Gasteiger charge is -2.32. The quantitative estimate of drug-likeness (QED) is 0.620. The number of pyridine rings is 1. The molecule has 1 N–H and O–H groups in total. The Balaban J connectivity index is 1.42. The number of hydrogen-bond acceptors (Lipinski definition) is 4. The first-order valence-electron chi connectivity index (χ1n) is 10.3. The molecular weight excluding hydrogens is 429 g/mol. The summed E-state index contributed by atoms with van der Waals surface area (Å²) in [7, 11) is 2.02. The molecule has 1 aliphatic heterocycles. The van der Waals surface area contributed by atoms with Crippen molar-refractivity contribution in [1.29, 1.82) is 0 Å². The van der Waals surface area contributed by atoms with Gasteiger partial charge in [0.05, 0.1) is 10.6 Å². The van der Waals surface area contributed by atoms with Crippen molar-refractivity contribution in [2.75, 3.05) is 43.0 Å². The molecule has 9 heteroatoms. The molecule has 0 radical (unpaired) electrons. The summed E-state index contributed by atoms with van der Waals surface area (Å²) < 4.78 is 38.3. The van der Waals surface area contributed by atoms with E-state index in [-0.39, 0.29) is 16.8 Å². The monoisotopic (exact) mass is 454 g/mol. The number of nitrogens with zero attached hydrogens (tertiary/aromatic N) is 3. The number of rotatable bonds is 7. The highest BCUT2D eigenvalue weighted by Gasteiger charge is 2.33. The lowest BCUT2D eigenvalue weighted by atomic mass is 9.96. The fourth-order valence-electron chi connectivity index (χ4n) is 3.66. The highest BCUT2D eigenvalue weighted by Crippen LogP contribution is 2.34. The van der Waals surface area contributed by atoms with Crippen molar-refractivity contribution in [3.05, 3.63) is 53.2 Å². The zero-order valence-electron chi connectivity index (χ0n) is 17.3. The van der Waals surface area contributed by atoms with E-state index in [1.807, 2.05) is 42.3 Å². The molecule has 0 spiro atoms. The molecule has 1 fully saturated rings. The second-order valence-electron chi connectivity index (χ2n) is 7.69. The summed E-state index contributed by atoms with van der Waals surface area (Å²) in [6, 6.07) is 11.0. The van der Waals surface area contributed by atoms with Crippen LogP contribution in [0, 0.1) is 5.92 Å². The molecule has 1 aromatic heterocycles. The third-order valence-corrected chi connectivity index (χ3v) is 5.76. The molecule has 0 saturated carbocycles. The Kier molecular flexibility index (Phi) is 7.64. The van der Waals surface area contributed by atoms with Crippen molar-refractivity contribution in [3.63, 3.8) is 0 Å². The normalized spacial score (nSPS) is 15.1. The Morgan fingerprint density at radius 2 is 1.94 bits per heavy atom. The van der Waals surface area contributed by atoms with E-state index in [2.05, 4.69) is 15.2 Å². The van der Waals surface area contributed by atoms with Crippen LogP contribution in [0.5, 0.6) is 0 Å². The smallest absolute Gasteiger partial charge is 0.375 e. The predicted molar refractivity (Wildman–Crippen MR) is 117 cm³/mol. The minimum atomic E-state index is -4.48. The highest BCUT2D eigenvalue weighted by molar-refractivity contribution is 6.33. The summed E-state index contributed by atoms with van der Waals surface area (Å²) in [6.07, 6.45) is -1.63. The zero-order chi connectivity index (χ0) is 22.4. The molecule has 0 atom stereocenters. The molecule has 2 aromatic rings. The van der Waals surface area contributed by atoms with E-state index in [1.54, 1.807) is 0 Å². The van der Waals surface area contributed by atoms with Crippen molar-refractivity contribution >= 4 is 29.0 Å². The highest BCUT2D eigenvalue weighted by atomic mass is 35.5. The lowest BCUT2D eigenvalue weighted by Crippen LogP contribution is -2.41.